The lowest BCUT2D eigenvalue weighted by molar-refractivity contribution is 0.0199. The molecule has 3 rings (SSSR count). The number of benzene rings is 1. The predicted octanol–water partition coefficient (Wildman–Crippen LogP) is 4.17. The van der Waals surface area contributed by atoms with Gasteiger partial charge in [-0.2, -0.15) is 0 Å². The van der Waals surface area contributed by atoms with Gasteiger partial charge in [0, 0.05) is 33.2 Å². The second kappa shape index (κ2) is 8.43. The van der Waals surface area contributed by atoms with Crippen LogP contribution in [0.15, 0.2) is 41.4 Å². The van der Waals surface area contributed by atoms with Gasteiger partial charge in [0.2, 0.25) is 5.88 Å². The van der Waals surface area contributed by atoms with Crippen molar-refractivity contribution < 1.29 is 17.9 Å². The zero-order valence-corrected chi connectivity index (χ0v) is 19.4. The van der Waals surface area contributed by atoms with Gasteiger partial charge in [0.05, 0.1) is 21.5 Å². The van der Waals surface area contributed by atoms with E-state index in [-0.39, 0.29) is 11.7 Å². The summed E-state index contributed by atoms with van der Waals surface area (Å²) < 4.78 is 36.4. The van der Waals surface area contributed by atoms with E-state index in [4.69, 9.17) is 21.1 Å². The highest BCUT2D eigenvalue weighted by Gasteiger charge is 2.16. The first-order chi connectivity index (χ1) is 13.5. The van der Waals surface area contributed by atoms with Crippen LogP contribution in [0.4, 0.5) is 0 Å². The van der Waals surface area contributed by atoms with Gasteiger partial charge in [0.25, 0.3) is 0 Å². The molecule has 0 aliphatic heterocycles. The Morgan fingerprint density at radius 2 is 1.86 bits per heavy atom. The van der Waals surface area contributed by atoms with Crippen molar-refractivity contribution >= 4 is 40.4 Å². The number of sulfone groups is 1. The molecule has 2 heterocycles. The van der Waals surface area contributed by atoms with Crippen molar-refractivity contribution in [1.82, 2.24) is 14.8 Å². The maximum Gasteiger partial charge on any atom is 0.244 e. The minimum atomic E-state index is -3.27. The van der Waals surface area contributed by atoms with E-state index in [1.54, 1.807) is 41.2 Å². The number of hydrogen-bond acceptors (Lipinski definition) is 6. The van der Waals surface area contributed by atoms with Crippen molar-refractivity contribution in [2.24, 2.45) is 0 Å². The number of aromatic nitrogens is 3. The SMILES string of the molecule is C[Si](C)(C)CCOCOc1nn(-c2ccc(S(C)(=O)=O)cc2)c2cc(Cl)ncc12. The van der Waals surface area contributed by atoms with Crippen LogP contribution in [0.25, 0.3) is 16.6 Å². The van der Waals surface area contributed by atoms with Crippen molar-refractivity contribution in [1.29, 1.82) is 0 Å². The highest BCUT2D eigenvalue weighted by molar-refractivity contribution is 7.90. The van der Waals surface area contributed by atoms with E-state index >= 15 is 0 Å². The molecule has 0 fully saturated rings. The summed E-state index contributed by atoms with van der Waals surface area (Å²) in [5, 5.41) is 5.53. The summed E-state index contributed by atoms with van der Waals surface area (Å²) in [6.45, 7) is 7.60. The molecule has 10 heteroatoms. The lowest BCUT2D eigenvalue weighted by Gasteiger charge is -2.15. The van der Waals surface area contributed by atoms with E-state index in [9.17, 15) is 8.42 Å². The Morgan fingerprint density at radius 1 is 1.17 bits per heavy atom. The second-order valence-corrected chi connectivity index (χ2v) is 16.0. The molecule has 0 aliphatic rings. The molecule has 0 spiro atoms. The lowest BCUT2D eigenvalue weighted by atomic mass is 10.3. The minimum absolute atomic E-state index is 0.0895. The number of nitrogens with zero attached hydrogens (tertiary/aromatic N) is 3. The second-order valence-electron chi connectivity index (χ2n) is 7.99. The maximum absolute atomic E-state index is 11.7. The number of ether oxygens (including phenoxy) is 2. The third kappa shape index (κ3) is 5.56. The van der Waals surface area contributed by atoms with Gasteiger partial charge in [-0.25, -0.2) is 18.1 Å². The van der Waals surface area contributed by atoms with E-state index in [2.05, 4.69) is 29.7 Å². The van der Waals surface area contributed by atoms with Gasteiger partial charge in [-0.05, 0) is 30.3 Å². The number of rotatable bonds is 8. The molecule has 7 nitrogen and oxygen atoms in total. The Balaban J connectivity index is 1.86. The summed E-state index contributed by atoms with van der Waals surface area (Å²) in [5.74, 6) is 0.379. The normalized spacial score (nSPS) is 12.4. The third-order valence-corrected chi connectivity index (χ3v) is 7.32. The average Bonchev–Trinajstić information content (AvgIpc) is 2.97. The van der Waals surface area contributed by atoms with Crippen LogP contribution in [0, 0.1) is 0 Å². The van der Waals surface area contributed by atoms with Crippen LogP contribution in [0.5, 0.6) is 5.88 Å². The van der Waals surface area contributed by atoms with E-state index in [0.29, 0.717) is 34.2 Å². The third-order valence-electron chi connectivity index (χ3n) is 4.28. The topological polar surface area (TPSA) is 83.3 Å². The fraction of sp³-hybridized carbons (Fsp3) is 0.368. The molecule has 0 N–H and O–H groups in total. The van der Waals surface area contributed by atoms with E-state index in [1.807, 2.05) is 0 Å². The Kier molecular flexibility index (Phi) is 6.32. The molecular weight excluding hydrogens is 430 g/mol. The van der Waals surface area contributed by atoms with Crippen LogP contribution >= 0.6 is 11.6 Å². The molecule has 0 amide bonds. The van der Waals surface area contributed by atoms with E-state index in [1.165, 1.54) is 6.26 Å². The number of fused-ring (bicyclic) bond motifs is 1. The Bertz CT molecular complexity index is 1110. The quantitative estimate of drug-likeness (QED) is 0.220. The molecule has 2 aromatic heterocycles. The summed E-state index contributed by atoms with van der Waals surface area (Å²) in [6.07, 6.45) is 2.77. The van der Waals surface area contributed by atoms with Gasteiger partial charge in [0.1, 0.15) is 5.15 Å². The fourth-order valence-corrected chi connectivity index (χ4v) is 4.17. The molecule has 29 heavy (non-hydrogen) atoms. The zero-order valence-electron chi connectivity index (χ0n) is 16.8. The lowest BCUT2D eigenvalue weighted by Crippen LogP contribution is -2.22. The zero-order chi connectivity index (χ0) is 21.2. The van der Waals surface area contributed by atoms with Gasteiger partial charge in [-0.1, -0.05) is 31.2 Å². The molecule has 0 bridgehead atoms. The smallest absolute Gasteiger partial charge is 0.244 e. The molecular formula is C19H24ClN3O4SSi. The number of hydrogen-bond donors (Lipinski definition) is 0. The molecule has 0 radical (unpaired) electrons. The highest BCUT2D eigenvalue weighted by Crippen LogP contribution is 2.29. The summed E-state index contributed by atoms with van der Waals surface area (Å²) in [4.78, 5) is 4.36. The van der Waals surface area contributed by atoms with Crippen LogP contribution in [0.3, 0.4) is 0 Å². The van der Waals surface area contributed by atoms with Gasteiger partial charge < -0.3 is 9.47 Å². The Labute approximate surface area is 176 Å². The van der Waals surface area contributed by atoms with Crippen molar-refractivity contribution in [2.75, 3.05) is 19.7 Å². The van der Waals surface area contributed by atoms with Crippen LogP contribution < -0.4 is 4.74 Å². The molecule has 0 saturated heterocycles. The van der Waals surface area contributed by atoms with Crippen LogP contribution in [-0.2, 0) is 14.6 Å². The first-order valence-corrected chi connectivity index (χ1v) is 15.1. The Morgan fingerprint density at radius 3 is 2.48 bits per heavy atom. The monoisotopic (exact) mass is 453 g/mol. The summed E-state index contributed by atoms with van der Waals surface area (Å²) in [7, 11) is -4.44. The number of pyridine rings is 1. The van der Waals surface area contributed by atoms with Crippen LogP contribution in [0.1, 0.15) is 0 Å². The Hall–Kier alpha value is -1.94. The van der Waals surface area contributed by atoms with Gasteiger partial charge in [-0.15, -0.1) is 5.10 Å². The highest BCUT2D eigenvalue weighted by atomic mass is 35.5. The molecule has 0 unspecified atom stereocenters. The summed E-state index contributed by atoms with van der Waals surface area (Å²) in [6, 6.07) is 9.20. The maximum atomic E-state index is 11.7. The predicted molar refractivity (Wildman–Crippen MR) is 117 cm³/mol. The van der Waals surface area contributed by atoms with E-state index < -0.39 is 17.9 Å². The first kappa shape index (κ1) is 21.8. The van der Waals surface area contributed by atoms with Crippen molar-refractivity contribution in [3.05, 3.63) is 41.7 Å². The van der Waals surface area contributed by atoms with Crippen LogP contribution in [-0.4, -0.2) is 50.9 Å². The molecule has 3 aromatic rings. The fourth-order valence-electron chi connectivity index (χ4n) is 2.63. The van der Waals surface area contributed by atoms with Gasteiger partial charge in [-0.3, -0.25) is 0 Å². The van der Waals surface area contributed by atoms with Crippen molar-refractivity contribution in [2.45, 2.75) is 30.6 Å². The first-order valence-electron chi connectivity index (χ1n) is 9.10. The van der Waals surface area contributed by atoms with Crippen molar-refractivity contribution in [3.8, 4) is 11.6 Å². The van der Waals surface area contributed by atoms with Crippen molar-refractivity contribution in [3.63, 3.8) is 0 Å². The summed E-state index contributed by atoms with van der Waals surface area (Å²) in [5.41, 5.74) is 1.38. The van der Waals surface area contributed by atoms with E-state index in [0.717, 1.165) is 6.04 Å². The number of halogens is 1. The van der Waals surface area contributed by atoms with Crippen LogP contribution in [0.2, 0.25) is 30.8 Å². The molecule has 0 aliphatic carbocycles. The average molecular weight is 454 g/mol. The molecule has 0 saturated carbocycles. The van der Waals surface area contributed by atoms with Gasteiger partial charge in [0.15, 0.2) is 16.6 Å². The van der Waals surface area contributed by atoms with Gasteiger partial charge >= 0.3 is 0 Å². The molecule has 156 valence electrons. The molecule has 0 atom stereocenters. The minimum Gasteiger partial charge on any atom is -0.449 e. The standard InChI is InChI=1S/C19H24ClN3O4SSi/c1-28(24,25)15-7-5-14(6-8-15)23-17-11-18(20)21-12-16(17)19(22-23)27-13-26-9-10-29(2,3)4/h5-8,11-12H,9-10,13H2,1-4H3. The largest absolute Gasteiger partial charge is 0.449 e. The molecule has 1 aromatic carbocycles. The summed E-state index contributed by atoms with van der Waals surface area (Å²) >= 11 is 6.07.